The van der Waals surface area contributed by atoms with E-state index in [1.54, 1.807) is 4.90 Å². The van der Waals surface area contributed by atoms with Gasteiger partial charge < -0.3 is 20.7 Å². The van der Waals surface area contributed by atoms with Gasteiger partial charge in [0.25, 0.3) is 0 Å². The van der Waals surface area contributed by atoms with E-state index in [0.29, 0.717) is 13.2 Å². The van der Waals surface area contributed by atoms with Crippen LogP contribution in [0.3, 0.4) is 0 Å². The predicted molar refractivity (Wildman–Crippen MR) is 44.2 cm³/mol. The average Bonchev–Trinajstić information content (AvgIpc) is 2.81. The summed E-state index contributed by atoms with van der Waals surface area (Å²) in [5.41, 5.74) is 0. The summed E-state index contributed by atoms with van der Waals surface area (Å²) >= 11 is 0. The number of urea groups is 2. The molecule has 3 N–H and O–H groups in total. The molecule has 76 valence electrons. The number of nitrogens with zero attached hydrogens (tertiary/aromatic N) is 1. The summed E-state index contributed by atoms with van der Waals surface area (Å²) in [6.07, 6.45) is -0.454. The van der Waals surface area contributed by atoms with Gasteiger partial charge in [-0.05, 0) is 0 Å². The Morgan fingerprint density at radius 1 is 1.36 bits per heavy atom. The Labute approximate surface area is 79.8 Å². The minimum atomic E-state index is -0.311. The second-order valence-corrected chi connectivity index (χ2v) is 3.60. The third-order valence-corrected chi connectivity index (χ3v) is 2.56. The molecule has 3 rings (SSSR count). The Morgan fingerprint density at radius 2 is 2.14 bits per heavy atom. The topological polar surface area (TPSA) is 86.0 Å². The minimum Gasteiger partial charge on any atom is -0.371 e. The monoisotopic (exact) mass is 198 g/mol. The van der Waals surface area contributed by atoms with Crippen molar-refractivity contribution in [3.63, 3.8) is 0 Å². The number of fused-ring (bicyclic) bond motifs is 1. The first kappa shape index (κ1) is 7.86. The SMILES string of the molecule is O=C1NC2NC(=O)N(CC3CO3)C2N1. The van der Waals surface area contributed by atoms with Crippen LogP contribution in [0.1, 0.15) is 0 Å². The maximum Gasteiger partial charge on any atom is 0.321 e. The summed E-state index contributed by atoms with van der Waals surface area (Å²) in [4.78, 5) is 24.0. The quantitative estimate of drug-likeness (QED) is 0.466. The highest BCUT2D eigenvalue weighted by Gasteiger charge is 2.47. The van der Waals surface area contributed by atoms with Gasteiger partial charge in [-0.25, -0.2) is 9.59 Å². The van der Waals surface area contributed by atoms with Gasteiger partial charge in [0.15, 0.2) is 0 Å². The Morgan fingerprint density at radius 3 is 2.86 bits per heavy atom. The lowest BCUT2D eigenvalue weighted by Crippen LogP contribution is -2.45. The van der Waals surface area contributed by atoms with Crippen LogP contribution >= 0.6 is 0 Å². The van der Waals surface area contributed by atoms with E-state index in [9.17, 15) is 9.59 Å². The molecule has 0 spiro atoms. The summed E-state index contributed by atoms with van der Waals surface area (Å²) in [7, 11) is 0. The summed E-state index contributed by atoms with van der Waals surface area (Å²) in [5.74, 6) is 0. The smallest absolute Gasteiger partial charge is 0.321 e. The Kier molecular flexibility index (Phi) is 1.41. The van der Waals surface area contributed by atoms with Gasteiger partial charge in [0.05, 0.1) is 19.3 Å². The van der Waals surface area contributed by atoms with Crippen molar-refractivity contribution in [3.8, 4) is 0 Å². The molecular weight excluding hydrogens is 188 g/mol. The third kappa shape index (κ3) is 1.09. The van der Waals surface area contributed by atoms with Crippen LogP contribution < -0.4 is 16.0 Å². The van der Waals surface area contributed by atoms with Crippen LogP contribution in [0.25, 0.3) is 0 Å². The highest BCUT2D eigenvalue weighted by molar-refractivity contribution is 5.84. The second kappa shape index (κ2) is 2.50. The molecule has 0 radical (unpaired) electrons. The number of hydrogen-bond acceptors (Lipinski definition) is 3. The lowest BCUT2D eigenvalue weighted by atomic mass is 10.3. The molecule has 3 heterocycles. The number of nitrogens with one attached hydrogen (secondary N) is 3. The number of rotatable bonds is 2. The number of ether oxygens (including phenoxy) is 1. The van der Waals surface area contributed by atoms with Gasteiger partial charge in [0.2, 0.25) is 0 Å². The van der Waals surface area contributed by atoms with Crippen molar-refractivity contribution in [1.82, 2.24) is 20.9 Å². The van der Waals surface area contributed by atoms with E-state index in [4.69, 9.17) is 4.74 Å². The second-order valence-electron chi connectivity index (χ2n) is 3.60. The van der Waals surface area contributed by atoms with Crippen LogP contribution in [0, 0.1) is 0 Å². The van der Waals surface area contributed by atoms with Crippen LogP contribution in [0.15, 0.2) is 0 Å². The first-order valence-electron chi connectivity index (χ1n) is 4.50. The molecular formula is C7H10N4O3. The van der Waals surface area contributed by atoms with Gasteiger partial charge >= 0.3 is 12.1 Å². The lowest BCUT2D eigenvalue weighted by molar-refractivity contribution is 0.188. The fourth-order valence-electron chi connectivity index (χ4n) is 1.78. The molecule has 3 aliphatic heterocycles. The van der Waals surface area contributed by atoms with E-state index in [1.807, 2.05) is 0 Å². The largest absolute Gasteiger partial charge is 0.371 e. The van der Waals surface area contributed by atoms with E-state index in [2.05, 4.69) is 16.0 Å². The summed E-state index contributed by atoms with van der Waals surface area (Å²) in [5, 5.41) is 7.94. The van der Waals surface area contributed by atoms with Gasteiger partial charge in [-0.3, -0.25) is 4.90 Å². The molecule has 0 aromatic heterocycles. The fourth-order valence-corrected chi connectivity index (χ4v) is 1.78. The number of amides is 4. The summed E-state index contributed by atoms with van der Waals surface area (Å²) < 4.78 is 5.04. The molecule has 14 heavy (non-hydrogen) atoms. The summed E-state index contributed by atoms with van der Waals surface area (Å²) in [6, 6.07) is -0.412. The zero-order valence-corrected chi connectivity index (χ0v) is 7.32. The van der Waals surface area contributed by atoms with E-state index in [1.165, 1.54) is 0 Å². The van der Waals surface area contributed by atoms with Crippen molar-refractivity contribution in [2.24, 2.45) is 0 Å². The van der Waals surface area contributed by atoms with Crippen molar-refractivity contribution in [2.75, 3.05) is 13.2 Å². The molecule has 4 amide bonds. The lowest BCUT2D eigenvalue weighted by Gasteiger charge is -2.19. The van der Waals surface area contributed by atoms with E-state index in [0.717, 1.165) is 0 Å². The van der Waals surface area contributed by atoms with Gasteiger partial charge in [0, 0.05) is 0 Å². The zero-order valence-electron chi connectivity index (χ0n) is 7.32. The molecule has 7 nitrogen and oxygen atoms in total. The van der Waals surface area contributed by atoms with E-state index in [-0.39, 0.29) is 30.5 Å². The standard InChI is InChI=1S/C7H10N4O3/c12-6-8-4-5(10-6)11(7(13)9-4)1-3-2-14-3/h3-5H,1-2H2,(H,9,13)(H2,8,10,12). The van der Waals surface area contributed by atoms with Crippen molar-refractivity contribution in [3.05, 3.63) is 0 Å². The Bertz CT molecular complexity index is 303. The van der Waals surface area contributed by atoms with Crippen molar-refractivity contribution < 1.29 is 14.3 Å². The summed E-state index contributed by atoms with van der Waals surface area (Å²) in [6.45, 7) is 1.23. The molecule has 7 heteroatoms. The van der Waals surface area contributed by atoms with Crippen LogP contribution in [0.4, 0.5) is 9.59 Å². The number of carbonyl (C=O) groups is 2. The molecule has 0 aliphatic carbocycles. The van der Waals surface area contributed by atoms with Crippen molar-refractivity contribution in [1.29, 1.82) is 0 Å². The maximum absolute atomic E-state index is 11.4. The minimum absolute atomic E-state index is 0.136. The molecule has 0 aromatic rings. The van der Waals surface area contributed by atoms with Crippen molar-refractivity contribution >= 4 is 12.1 Å². The van der Waals surface area contributed by atoms with Gasteiger partial charge in [-0.1, -0.05) is 0 Å². The number of epoxide rings is 1. The van der Waals surface area contributed by atoms with Crippen LogP contribution in [-0.2, 0) is 4.74 Å². The number of hydrogen-bond donors (Lipinski definition) is 3. The first-order chi connectivity index (χ1) is 6.74. The highest BCUT2D eigenvalue weighted by Crippen LogP contribution is 2.18. The fraction of sp³-hybridized carbons (Fsp3) is 0.714. The third-order valence-electron chi connectivity index (χ3n) is 2.56. The normalized spacial score (nSPS) is 38.9. The molecule has 3 atom stereocenters. The van der Waals surface area contributed by atoms with Crippen LogP contribution in [-0.4, -0.2) is 48.5 Å². The average molecular weight is 198 g/mol. The predicted octanol–water partition coefficient (Wildman–Crippen LogP) is -1.62. The molecule has 3 unspecified atom stereocenters. The van der Waals surface area contributed by atoms with E-state index < -0.39 is 0 Å². The number of carbonyl (C=O) groups excluding carboxylic acids is 2. The first-order valence-corrected chi connectivity index (χ1v) is 4.50. The molecule has 3 fully saturated rings. The van der Waals surface area contributed by atoms with E-state index >= 15 is 0 Å². The molecule has 0 bridgehead atoms. The maximum atomic E-state index is 11.4. The van der Waals surface area contributed by atoms with Crippen molar-refractivity contribution in [2.45, 2.75) is 18.4 Å². The molecule has 3 saturated heterocycles. The van der Waals surface area contributed by atoms with Crippen LogP contribution in [0.5, 0.6) is 0 Å². The Hall–Kier alpha value is -1.50. The van der Waals surface area contributed by atoms with Gasteiger partial charge in [-0.2, -0.15) is 0 Å². The highest BCUT2D eigenvalue weighted by atomic mass is 16.6. The Balaban J connectivity index is 1.74. The zero-order chi connectivity index (χ0) is 9.71. The van der Waals surface area contributed by atoms with Gasteiger partial charge in [0.1, 0.15) is 12.3 Å². The molecule has 3 aliphatic rings. The van der Waals surface area contributed by atoms with Gasteiger partial charge in [-0.15, -0.1) is 0 Å². The molecule has 0 aromatic carbocycles. The molecule has 0 saturated carbocycles. The van der Waals surface area contributed by atoms with Crippen LogP contribution in [0.2, 0.25) is 0 Å².